The highest BCUT2D eigenvalue weighted by molar-refractivity contribution is 6.08. The lowest BCUT2D eigenvalue weighted by Gasteiger charge is -2.29. The number of hydrazone groups is 2. The molecule has 3 rings (SSSR count). The molecule has 1 aliphatic heterocycles. The molecule has 0 atom stereocenters. The summed E-state index contributed by atoms with van der Waals surface area (Å²) in [6, 6.07) is 5.95. The second kappa shape index (κ2) is 8.01. The Kier molecular flexibility index (Phi) is 5.43. The van der Waals surface area contributed by atoms with E-state index in [4.69, 9.17) is 0 Å². The van der Waals surface area contributed by atoms with Gasteiger partial charge < -0.3 is 0 Å². The molecule has 0 aliphatic carbocycles. The maximum absolute atomic E-state index is 11.4. The Morgan fingerprint density at radius 1 is 0.625 bits per heavy atom. The van der Waals surface area contributed by atoms with Crippen molar-refractivity contribution in [2.75, 3.05) is 10.0 Å². The van der Waals surface area contributed by atoms with Gasteiger partial charge in [-0.25, -0.2) is 10.0 Å². The summed E-state index contributed by atoms with van der Waals surface area (Å²) in [7, 11) is 0. The number of rotatable bonds is 6. The van der Waals surface area contributed by atoms with Crippen LogP contribution in [-0.2, 0) is 0 Å². The highest BCUT2D eigenvalue weighted by atomic mass is 16.6. The number of nitro groups is 4. The van der Waals surface area contributed by atoms with E-state index in [1.165, 1.54) is 13.8 Å². The van der Waals surface area contributed by atoms with Crippen molar-refractivity contribution in [3.05, 3.63) is 76.9 Å². The summed E-state index contributed by atoms with van der Waals surface area (Å²) in [4.78, 5) is 41.6. The van der Waals surface area contributed by atoms with Crippen LogP contribution in [-0.4, -0.2) is 31.4 Å². The molecule has 0 bridgehead atoms. The maximum Gasteiger partial charge on any atom is 0.301 e. The van der Waals surface area contributed by atoms with Crippen LogP contribution in [0, 0.1) is 40.5 Å². The zero-order chi connectivity index (χ0) is 23.7. The van der Waals surface area contributed by atoms with Crippen molar-refractivity contribution in [3.63, 3.8) is 0 Å². The summed E-state index contributed by atoms with van der Waals surface area (Å²) in [5.74, 6) is 0.0837. The number of non-ortho nitro benzene ring substituents is 2. The van der Waals surface area contributed by atoms with Gasteiger partial charge in [0.05, 0.1) is 31.8 Å². The minimum absolute atomic E-state index is 0.0419. The first-order valence-electron chi connectivity index (χ1n) is 8.57. The molecular formula is C16H12N8O8. The third-order valence-corrected chi connectivity index (χ3v) is 4.29. The summed E-state index contributed by atoms with van der Waals surface area (Å²) in [6.07, 6.45) is 0. The largest absolute Gasteiger partial charge is 0.301 e. The molecule has 0 fully saturated rings. The van der Waals surface area contributed by atoms with Crippen molar-refractivity contribution in [3.8, 4) is 0 Å². The molecule has 0 saturated heterocycles. The third-order valence-electron chi connectivity index (χ3n) is 4.29. The van der Waals surface area contributed by atoms with Crippen molar-refractivity contribution < 1.29 is 19.7 Å². The van der Waals surface area contributed by atoms with E-state index in [-0.39, 0.29) is 23.0 Å². The number of nitro benzene ring substituents is 4. The van der Waals surface area contributed by atoms with Crippen LogP contribution in [0.2, 0.25) is 0 Å². The topological polar surface area (TPSA) is 204 Å². The predicted molar refractivity (Wildman–Crippen MR) is 111 cm³/mol. The first-order chi connectivity index (χ1) is 15.0. The van der Waals surface area contributed by atoms with Gasteiger partial charge >= 0.3 is 11.4 Å². The fraction of sp³-hybridized carbons (Fsp3) is 0.125. The van der Waals surface area contributed by atoms with E-state index in [1.807, 2.05) is 0 Å². The van der Waals surface area contributed by atoms with Crippen LogP contribution in [0.1, 0.15) is 13.8 Å². The van der Waals surface area contributed by atoms with E-state index in [9.17, 15) is 40.5 Å². The van der Waals surface area contributed by atoms with Gasteiger partial charge in [-0.2, -0.15) is 10.2 Å². The molecule has 0 spiro atoms. The highest BCUT2D eigenvalue weighted by Gasteiger charge is 2.31. The van der Waals surface area contributed by atoms with E-state index in [2.05, 4.69) is 10.2 Å². The summed E-state index contributed by atoms with van der Waals surface area (Å²) in [5.41, 5.74) is -2.40. The normalized spacial score (nSPS) is 13.3. The van der Waals surface area contributed by atoms with Crippen molar-refractivity contribution >= 4 is 45.8 Å². The van der Waals surface area contributed by atoms with Crippen molar-refractivity contribution in [1.82, 2.24) is 0 Å². The van der Waals surface area contributed by atoms with Crippen LogP contribution in [0.4, 0.5) is 34.1 Å². The Morgan fingerprint density at radius 2 is 0.969 bits per heavy atom. The second-order valence-electron chi connectivity index (χ2n) is 6.29. The van der Waals surface area contributed by atoms with Crippen molar-refractivity contribution in [2.24, 2.45) is 10.2 Å². The predicted octanol–water partition coefficient (Wildman–Crippen LogP) is 3.31. The molecule has 0 unspecified atom stereocenters. The monoisotopic (exact) mass is 444 g/mol. The minimum atomic E-state index is -0.811. The van der Waals surface area contributed by atoms with Gasteiger partial charge in [0, 0.05) is 12.1 Å². The van der Waals surface area contributed by atoms with Gasteiger partial charge in [-0.3, -0.25) is 40.5 Å². The van der Waals surface area contributed by atoms with Gasteiger partial charge in [-0.15, -0.1) is 0 Å². The number of hydrogen-bond acceptors (Lipinski definition) is 12. The molecule has 1 heterocycles. The Bertz CT molecular complexity index is 1150. The number of hydrogen-bond donors (Lipinski definition) is 0. The average molecular weight is 444 g/mol. The van der Waals surface area contributed by atoms with E-state index in [1.54, 1.807) is 0 Å². The molecule has 0 amide bonds. The molecular weight excluding hydrogens is 432 g/mol. The maximum atomic E-state index is 11.4. The molecule has 0 saturated carbocycles. The molecule has 16 nitrogen and oxygen atoms in total. The molecule has 2 aromatic carbocycles. The molecule has 0 aromatic heterocycles. The van der Waals surface area contributed by atoms with Crippen LogP contribution in [0.5, 0.6) is 0 Å². The van der Waals surface area contributed by atoms with Crippen LogP contribution in [0.3, 0.4) is 0 Å². The molecule has 0 radical (unpaired) electrons. The van der Waals surface area contributed by atoms with Gasteiger partial charge in [0.25, 0.3) is 11.4 Å². The van der Waals surface area contributed by atoms with Crippen LogP contribution >= 0.6 is 0 Å². The van der Waals surface area contributed by atoms with Gasteiger partial charge in [0.1, 0.15) is 23.0 Å². The Morgan fingerprint density at radius 3 is 1.25 bits per heavy atom. The lowest BCUT2D eigenvalue weighted by molar-refractivity contribution is -0.394. The fourth-order valence-corrected chi connectivity index (χ4v) is 2.88. The average Bonchev–Trinajstić information content (AvgIpc) is 2.74. The fourth-order valence-electron chi connectivity index (χ4n) is 2.88. The lowest BCUT2D eigenvalue weighted by atomic mass is 10.2. The van der Waals surface area contributed by atoms with Crippen molar-refractivity contribution in [1.29, 1.82) is 0 Å². The second-order valence-corrected chi connectivity index (χ2v) is 6.29. The summed E-state index contributed by atoms with van der Waals surface area (Å²) in [5, 5.41) is 55.3. The van der Waals surface area contributed by atoms with Gasteiger partial charge in [-0.05, 0) is 26.0 Å². The van der Waals surface area contributed by atoms with Crippen LogP contribution < -0.4 is 10.0 Å². The lowest BCUT2D eigenvalue weighted by Crippen LogP contribution is -2.38. The first kappa shape index (κ1) is 21.7. The quantitative estimate of drug-likeness (QED) is 0.469. The van der Waals surface area contributed by atoms with Gasteiger partial charge in [-0.1, -0.05) is 0 Å². The number of amidine groups is 2. The number of nitrogens with zero attached hydrogens (tertiary/aromatic N) is 8. The zero-order valence-electron chi connectivity index (χ0n) is 16.3. The number of anilines is 2. The number of benzene rings is 2. The molecule has 1 aliphatic rings. The van der Waals surface area contributed by atoms with Gasteiger partial charge in [0.15, 0.2) is 0 Å². The van der Waals surface area contributed by atoms with Crippen molar-refractivity contribution in [2.45, 2.75) is 13.8 Å². The van der Waals surface area contributed by atoms with Gasteiger partial charge in [0.2, 0.25) is 0 Å². The highest BCUT2D eigenvalue weighted by Crippen LogP contribution is 2.36. The Labute approximate surface area is 177 Å². The molecule has 16 heteroatoms. The molecule has 164 valence electrons. The van der Waals surface area contributed by atoms with E-state index >= 15 is 0 Å². The Hall–Kier alpha value is -5.02. The molecule has 2 aromatic rings. The summed E-state index contributed by atoms with van der Waals surface area (Å²) >= 11 is 0. The minimum Gasteiger partial charge on any atom is -0.258 e. The summed E-state index contributed by atoms with van der Waals surface area (Å²) < 4.78 is 0. The smallest absolute Gasteiger partial charge is 0.258 e. The van der Waals surface area contributed by atoms with E-state index in [0.717, 1.165) is 46.4 Å². The zero-order valence-corrected chi connectivity index (χ0v) is 16.3. The third kappa shape index (κ3) is 3.86. The standard InChI is InChI=1S/C16H12N8O8/c1-9-17-20(14-6-4-12(22(27)28)8-16(14)24(31)32)10(2)18-19(9)13-5-3-11(21(25)26)7-15(13)23(29)30/h3-8H,1-2H3. The van der Waals surface area contributed by atoms with Crippen LogP contribution in [0.15, 0.2) is 46.6 Å². The van der Waals surface area contributed by atoms with Crippen LogP contribution in [0.25, 0.3) is 0 Å². The molecule has 0 N–H and O–H groups in total. The molecule has 32 heavy (non-hydrogen) atoms. The SMILES string of the molecule is CC1=NN(c2ccc([N+](=O)[O-])cc2[N+](=O)[O-])C(C)=NN1c1ccc([N+](=O)[O-])cc1[N+](=O)[O-]. The first-order valence-corrected chi connectivity index (χ1v) is 8.57. The summed E-state index contributed by atoms with van der Waals surface area (Å²) in [6.45, 7) is 2.82. The van der Waals surface area contributed by atoms with E-state index < -0.39 is 42.4 Å². The van der Waals surface area contributed by atoms with E-state index in [0.29, 0.717) is 0 Å². The Balaban J connectivity index is 2.08.